The fraction of sp³-hybridized carbons (Fsp3) is 0.294. The van der Waals surface area contributed by atoms with Crippen molar-refractivity contribution in [2.75, 3.05) is 23.0 Å². The van der Waals surface area contributed by atoms with Crippen molar-refractivity contribution >= 4 is 81.2 Å². The van der Waals surface area contributed by atoms with E-state index >= 15 is 0 Å². The number of hydrogen-bond acceptors (Lipinski definition) is 13. The molecule has 0 saturated carbocycles. The summed E-state index contributed by atoms with van der Waals surface area (Å²) >= 11 is 4.76. The third-order valence-corrected chi connectivity index (χ3v) is 8.26. The smallest absolute Gasteiger partial charge is 0.543 e. The predicted molar refractivity (Wildman–Crippen MR) is 125 cm³/mol. The Bertz CT molecular complexity index is 1080. The average molecular weight is 553 g/mol. The number of amides is 3. The van der Waals surface area contributed by atoms with E-state index in [0.717, 1.165) is 28.0 Å². The van der Waals surface area contributed by atoms with Gasteiger partial charge in [-0.05, 0) is 5.41 Å². The van der Waals surface area contributed by atoms with E-state index in [1.807, 2.05) is 0 Å². The Balaban J connectivity index is 0.00000408. The number of nitrogens with two attached hydrogens (primary N) is 2. The van der Waals surface area contributed by atoms with Crippen LogP contribution < -0.4 is 51.4 Å². The number of oxime groups is 1. The molecule has 0 aromatic carbocycles. The molecule has 0 spiro atoms. The molecule has 1 aromatic heterocycles. The number of carboxylic acids is 1. The maximum absolute atomic E-state index is 12.7. The molecule has 2 aliphatic heterocycles. The van der Waals surface area contributed by atoms with E-state index in [-0.39, 0.29) is 57.6 Å². The molecule has 34 heavy (non-hydrogen) atoms. The second-order valence-electron chi connectivity index (χ2n) is 6.41. The molecule has 0 bridgehead atoms. The van der Waals surface area contributed by atoms with E-state index in [0.29, 0.717) is 10.7 Å². The van der Waals surface area contributed by atoms with E-state index in [1.165, 1.54) is 28.9 Å². The van der Waals surface area contributed by atoms with Crippen LogP contribution in [-0.4, -0.2) is 73.2 Å². The summed E-state index contributed by atoms with van der Waals surface area (Å²) < 4.78 is 0. The molecular formula is C17H17N6NaO6S4. The Morgan fingerprint density at radius 1 is 1.44 bits per heavy atom. The van der Waals surface area contributed by atoms with Crippen LogP contribution in [0.1, 0.15) is 5.69 Å². The minimum atomic E-state index is -1.51. The molecule has 1 saturated heterocycles. The zero-order valence-corrected chi connectivity index (χ0v) is 22.9. The fourth-order valence-corrected chi connectivity index (χ4v) is 6.43. The Labute approximate surface area is 232 Å². The van der Waals surface area contributed by atoms with Crippen LogP contribution >= 0.6 is 46.6 Å². The molecule has 12 nitrogen and oxygen atoms in total. The molecule has 3 heterocycles. The molecule has 1 fully saturated rings. The van der Waals surface area contributed by atoms with Crippen LogP contribution in [0.3, 0.4) is 0 Å². The maximum Gasteiger partial charge on any atom is 1.00 e. The number of hydrogen-bond donors (Lipinski definition) is 4. The summed E-state index contributed by atoms with van der Waals surface area (Å²) in [5.41, 5.74) is 9.97. The number of thiazole rings is 1. The SMILES string of the molecule is NC(=O)CSC/C=C\SC1=C(C(=O)[O-])N2C(=O)C(NC(=O)/C(=N\O)c3csc(N)n3)[C@H]2SC1.[Na+]. The van der Waals surface area contributed by atoms with Gasteiger partial charge in [-0.2, -0.15) is 0 Å². The van der Waals surface area contributed by atoms with Crippen LogP contribution in [-0.2, 0) is 19.2 Å². The molecule has 176 valence electrons. The Hall–Kier alpha value is -1.69. The van der Waals surface area contributed by atoms with Gasteiger partial charge in [0.25, 0.3) is 11.8 Å². The van der Waals surface area contributed by atoms with Crippen molar-refractivity contribution in [1.29, 1.82) is 0 Å². The molecule has 3 amide bonds. The molecule has 6 N–H and O–H groups in total. The Kier molecular flexibility index (Phi) is 10.8. The number of nitrogens with one attached hydrogen (secondary N) is 1. The second kappa shape index (κ2) is 12.9. The van der Waals surface area contributed by atoms with Gasteiger partial charge in [-0.3, -0.25) is 19.3 Å². The number of nitrogens with zero attached hydrogens (tertiary/aromatic N) is 3. The van der Waals surface area contributed by atoms with Crippen molar-refractivity contribution in [3.8, 4) is 0 Å². The largest absolute Gasteiger partial charge is 1.00 e. The average Bonchev–Trinajstić information content (AvgIpc) is 3.19. The minimum Gasteiger partial charge on any atom is -0.543 e. The number of carbonyl (C=O) groups is 4. The van der Waals surface area contributed by atoms with Gasteiger partial charge in [0.2, 0.25) is 5.91 Å². The first-order chi connectivity index (χ1) is 15.7. The maximum atomic E-state index is 12.7. The first-order valence-corrected chi connectivity index (χ1v) is 13.0. The first-order valence-electron chi connectivity index (χ1n) is 9.05. The molecule has 1 unspecified atom stereocenters. The predicted octanol–water partition coefficient (Wildman–Crippen LogP) is -4.27. The van der Waals surface area contributed by atoms with Crippen molar-refractivity contribution in [3.05, 3.63) is 33.2 Å². The van der Waals surface area contributed by atoms with Gasteiger partial charge >= 0.3 is 29.6 Å². The Morgan fingerprint density at radius 3 is 2.76 bits per heavy atom. The van der Waals surface area contributed by atoms with Gasteiger partial charge in [0.05, 0.1) is 17.4 Å². The minimum absolute atomic E-state index is 0. The normalized spacial score (nSPS) is 19.9. The number of carboxylic acid groups (broad SMARTS) is 1. The molecule has 0 radical (unpaired) electrons. The summed E-state index contributed by atoms with van der Waals surface area (Å²) in [7, 11) is 0. The van der Waals surface area contributed by atoms with Crippen molar-refractivity contribution in [1.82, 2.24) is 15.2 Å². The number of aliphatic carboxylic acids is 1. The third-order valence-electron chi connectivity index (χ3n) is 4.26. The van der Waals surface area contributed by atoms with Crippen molar-refractivity contribution in [2.45, 2.75) is 11.4 Å². The monoisotopic (exact) mass is 552 g/mol. The number of aromatic nitrogens is 1. The molecule has 2 aliphatic rings. The summed E-state index contributed by atoms with van der Waals surface area (Å²) in [6.07, 6.45) is 1.75. The van der Waals surface area contributed by atoms with Crippen molar-refractivity contribution in [3.63, 3.8) is 0 Å². The number of anilines is 1. The number of fused-ring (bicyclic) bond motifs is 1. The number of rotatable bonds is 10. The van der Waals surface area contributed by atoms with Crippen LogP contribution in [0.4, 0.5) is 5.13 Å². The number of β-lactam (4-membered cyclic amide) rings is 1. The number of carbonyl (C=O) groups excluding carboxylic acids is 4. The third kappa shape index (κ3) is 6.50. The standard InChI is InChI=1S/C17H18N6O6S4.Na/c18-9(24)6-30-2-1-3-31-8-5-32-15-11(14(26)23(15)12(8)16(27)28)21-13(25)10(22-29)7-4-33-17(19)20-7;/h1,3-4,11,15,29H,2,5-6H2,(H2,18,24)(H2,19,20)(H,21,25)(H,27,28);/q;+1/p-1/b3-1-,22-10-;/t11?,15-;/m1./s1. The van der Waals surface area contributed by atoms with Crippen molar-refractivity contribution in [2.24, 2.45) is 10.9 Å². The van der Waals surface area contributed by atoms with E-state index in [4.69, 9.17) is 11.5 Å². The first kappa shape index (κ1) is 28.5. The van der Waals surface area contributed by atoms with Gasteiger partial charge < -0.3 is 31.9 Å². The summed E-state index contributed by atoms with van der Waals surface area (Å²) in [6.45, 7) is 0. The molecular weight excluding hydrogens is 535 g/mol. The summed E-state index contributed by atoms with van der Waals surface area (Å²) in [5.74, 6) is -2.46. The van der Waals surface area contributed by atoms with Crippen molar-refractivity contribution < 1.29 is 59.0 Å². The van der Waals surface area contributed by atoms with E-state index in [2.05, 4.69) is 15.5 Å². The zero-order chi connectivity index (χ0) is 24.1. The van der Waals surface area contributed by atoms with Gasteiger partial charge in [0, 0.05) is 21.8 Å². The molecule has 0 aliphatic carbocycles. The second-order valence-corrected chi connectivity index (χ2v) is 10.4. The van der Waals surface area contributed by atoms with Gasteiger partial charge in [0.1, 0.15) is 17.1 Å². The quantitative estimate of drug-likeness (QED) is 0.0546. The van der Waals surface area contributed by atoms with Crippen LogP contribution in [0.5, 0.6) is 0 Å². The topological polar surface area (TPSA) is 204 Å². The van der Waals surface area contributed by atoms with Gasteiger partial charge in [-0.1, -0.05) is 23.0 Å². The van der Waals surface area contributed by atoms with E-state index < -0.39 is 40.8 Å². The van der Waals surface area contributed by atoms with Gasteiger partial charge in [0.15, 0.2) is 10.8 Å². The molecule has 3 rings (SSSR count). The summed E-state index contributed by atoms with van der Waals surface area (Å²) in [6, 6.07) is -1.02. The number of nitrogen functional groups attached to an aromatic ring is 1. The summed E-state index contributed by atoms with van der Waals surface area (Å²) in [5, 5.41) is 29.0. The summed E-state index contributed by atoms with van der Waals surface area (Å²) in [4.78, 5) is 53.0. The molecule has 2 atom stereocenters. The molecule has 1 aromatic rings. The van der Waals surface area contributed by atoms with Crippen LogP contribution in [0, 0.1) is 0 Å². The van der Waals surface area contributed by atoms with Crippen LogP contribution in [0.15, 0.2) is 32.6 Å². The van der Waals surface area contributed by atoms with Gasteiger partial charge in [-0.15, -0.1) is 34.9 Å². The van der Waals surface area contributed by atoms with Crippen LogP contribution in [0.2, 0.25) is 0 Å². The molecule has 17 heteroatoms. The van der Waals surface area contributed by atoms with Crippen LogP contribution in [0.25, 0.3) is 0 Å². The number of primary amides is 1. The fourth-order valence-electron chi connectivity index (χ4n) is 2.89. The van der Waals surface area contributed by atoms with E-state index in [9.17, 15) is 29.5 Å². The number of thioether (sulfide) groups is 3. The van der Waals surface area contributed by atoms with E-state index in [1.54, 1.807) is 11.5 Å². The Morgan fingerprint density at radius 2 is 2.18 bits per heavy atom. The zero-order valence-electron chi connectivity index (χ0n) is 17.6. The van der Waals surface area contributed by atoms with Gasteiger partial charge in [-0.25, -0.2) is 4.98 Å².